The number of aromatic hydroxyl groups is 1. The number of amides is 2. The van der Waals surface area contributed by atoms with Gasteiger partial charge in [0.25, 0.3) is 0 Å². The van der Waals surface area contributed by atoms with Crippen molar-refractivity contribution in [2.24, 2.45) is 17.4 Å². The first-order valence-electron chi connectivity index (χ1n) is 10.3. The highest BCUT2D eigenvalue weighted by Gasteiger charge is 2.54. The van der Waals surface area contributed by atoms with Crippen molar-refractivity contribution in [3.8, 4) is 5.75 Å². The topological polar surface area (TPSA) is 146 Å². The molecule has 29 heavy (non-hydrogen) atoms. The van der Waals surface area contributed by atoms with Crippen LogP contribution in [-0.2, 0) is 16.1 Å². The van der Waals surface area contributed by atoms with Gasteiger partial charge in [0, 0.05) is 24.2 Å². The summed E-state index contributed by atoms with van der Waals surface area (Å²) in [5, 5.41) is 20.6. The van der Waals surface area contributed by atoms with Crippen LogP contribution in [0.2, 0.25) is 0 Å². The highest BCUT2D eigenvalue weighted by Crippen LogP contribution is 2.43. The van der Waals surface area contributed by atoms with Crippen molar-refractivity contribution < 1.29 is 14.7 Å². The van der Waals surface area contributed by atoms with Gasteiger partial charge in [0.1, 0.15) is 17.1 Å². The molecule has 1 aromatic rings. The minimum absolute atomic E-state index is 0.0222. The number of benzene rings is 1. The molecule has 1 heterocycles. The lowest BCUT2D eigenvalue weighted by Gasteiger charge is -2.44. The number of nitrogens with one attached hydrogen (secondary N) is 2. The van der Waals surface area contributed by atoms with Gasteiger partial charge in [-0.1, -0.05) is 31.4 Å². The number of likely N-dealkylation sites (tertiary alicyclic amines) is 1. The summed E-state index contributed by atoms with van der Waals surface area (Å²) in [5.74, 6) is -0.376. The van der Waals surface area contributed by atoms with Gasteiger partial charge in [-0.25, -0.2) is 0 Å². The van der Waals surface area contributed by atoms with Crippen LogP contribution in [0.25, 0.3) is 0 Å². The Balaban J connectivity index is 1.82. The minimum atomic E-state index is -0.855. The highest BCUT2D eigenvalue weighted by molar-refractivity contribution is 5.95. The number of hydrogen-bond acceptors (Lipinski definition) is 5. The summed E-state index contributed by atoms with van der Waals surface area (Å²) in [6, 6.07) is 4.71. The van der Waals surface area contributed by atoms with E-state index in [1.165, 1.54) is 6.07 Å². The Morgan fingerprint density at radius 3 is 2.59 bits per heavy atom. The number of phenolic OH excluding ortho intramolecular Hbond substituents is 1. The molecule has 0 bridgehead atoms. The third kappa shape index (κ3) is 4.07. The Labute approximate surface area is 171 Å². The summed E-state index contributed by atoms with van der Waals surface area (Å²) in [6.45, 7) is 0.593. The Bertz CT molecular complexity index is 791. The normalized spacial score (nSPS) is 22.4. The number of amidine groups is 1. The molecule has 1 saturated heterocycles. The minimum Gasteiger partial charge on any atom is -0.508 e. The summed E-state index contributed by atoms with van der Waals surface area (Å²) in [5.41, 5.74) is 11.2. The van der Waals surface area contributed by atoms with Crippen molar-refractivity contribution in [1.29, 1.82) is 5.41 Å². The zero-order valence-corrected chi connectivity index (χ0v) is 16.7. The van der Waals surface area contributed by atoms with E-state index < -0.39 is 5.54 Å². The standard InChI is InChI=1S/C21H31N5O3/c22-12-18(28)26-10-4-9-21(26,16-5-2-1-3-6-16)20(29)25-13-15-8-7-14(19(23)24)11-17(15)27/h7-8,11,16,27H,1-6,9-10,12-13,22H2,(H3,23,24)(H,25,29)/t21-/m1/s1. The lowest BCUT2D eigenvalue weighted by Crippen LogP contribution is -2.62. The molecule has 3 rings (SSSR count). The van der Waals surface area contributed by atoms with E-state index in [4.69, 9.17) is 16.9 Å². The number of carbonyl (C=O) groups is 2. The van der Waals surface area contributed by atoms with E-state index in [2.05, 4.69) is 5.32 Å². The lowest BCUT2D eigenvalue weighted by atomic mass is 9.72. The van der Waals surface area contributed by atoms with Gasteiger partial charge in [0.15, 0.2) is 0 Å². The smallest absolute Gasteiger partial charge is 0.246 e. The molecular formula is C21H31N5O3. The van der Waals surface area contributed by atoms with Crippen LogP contribution in [0, 0.1) is 11.3 Å². The summed E-state index contributed by atoms with van der Waals surface area (Å²) in [7, 11) is 0. The number of nitrogens with two attached hydrogens (primary N) is 2. The van der Waals surface area contributed by atoms with Crippen molar-refractivity contribution in [3.63, 3.8) is 0 Å². The highest BCUT2D eigenvalue weighted by atomic mass is 16.3. The van der Waals surface area contributed by atoms with Crippen LogP contribution < -0.4 is 16.8 Å². The molecule has 1 atom stereocenters. The van der Waals surface area contributed by atoms with Gasteiger partial charge in [-0.05, 0) is 37.7 Å². The van der Waals surface area contributed by atoms with Gasteiger partial charge in [0.2, 0.25) is 11.8 Å². The first-order chi connectivity index (χ1) is 13.9. The molecule has 0 radical (unpaired) electrons. The average Bonchev–Trinajstić information content (AvgIpc) is 3.18. The fraction of sp³-hybridized carbons (Fsp3) is 0.571. The van der Waals surface area contributed by atoms with E-state index in [1.54, 1.807) is 17.0 Å². The summed E-state index contributed by atoms with van der Waals surface area (Å²) in [4.78, 5) is 27.7. The quantitative estimate of drug-likeness (QED) is 0.359. The van der Waals surface area contributed by atoms with Gasteiger partial charge in [-0.2, -0.15) is 0 Å². The fourth-order valence-corrected chi connectivity index (χ4v) is 4.93. The molecule has 1 aromatic carbocycles. The molecule has 2 amide bonds. The number of rotatable bonds is 6. The second-order valence-corrected chi connectivity index (χ2v) is 8.05. The molecule has 2 aliphatic rings. The number of phenols is 1. The third-order valence-electron chi connectivity index (χ3n) is 6.41. The van der Waals surface area contributed by atoms with Crippen LogP contribution in [0.3, 0.4) is 0 Å². The zero-order chi connectivity index (χ0) is 21.0. The van der Waals surface area contributed by atoms with Gasteiger partial charge >= 0.3 is 0 Å². The molecule has 0 unspecified atom stereocenters. The first kappa shape index (κ1) is 21.1. The number of nitrogen functional groups attached to an aromatic ring is 1. The van der Waals surface area contributed by atoms with Crippen LogP contribution in [0.5, 0.6) is 5.75 Å². The maximum atomic E-state index is 13.5. The van der Waals surface area contributed by atoms with E-state index in [-0.39, 0.29) is 42.4 Å². The molecule has 7 N–H and O–H groups in total. The van der Waals surface area contributed by atoms with Crippen molar-refractivity contribution in [2.75, 3.05) is 13.1 Å². The number of nitrogens with zero attached hydrogens (tertiary/aromatic N) is 1. The maximum absolute atomic E-state index is 13.5. The molecule has 8 heteroatoms. The SMILES string of the molecule is N=C(N)c1ccc(CNC(=O)[C@]2(C3CCCCC3)CCCN2C(=O)CN)c(O)c1. The fourth-order valence-electron chi connectivity index (χ4n) is 4.93. The first-order valence-corrected chi connectivity index (χ1v) is 10.3. The van der Waals surface area contributed by atoms with Gasteiger partial charge in [-0.3, -0.25) is 15.0 Å². The molecule has 158 valence electrons. The van der Waals surface area contributed by atoms with Crippen molar-refractivity contribution in [2.45, 2.75) is 57.0 Å². The van der Waals surface area contributed by atoms with Crippen LogP contribution in [0.1, 0.15) is 56.1 Å². The second kappa shape index (κ2) is 8.82. The van der Waals surface area contributed by atoms with E-state index in [0.29, 0.717) is 24.1 Å². The molecule has 0 aromatic heterocycles. The Kier molecular flexibility index (Phi) is 6.42. The van der Waals surface area contributed by atoms with E-state index in [0.717, 1.165) is 38.5 Å². The molecule has 1 saturated carbocycles. The third-order valence-corrected chi connectivity index (χ3v) is 6.41. The average molecular weight is 402 g/mol. The monoisotopic (exact) mass is 401 g/mol. The molecule has 0 spiro atoms. The van der Waals surface area contributed by atoms with E-state index in [9.17, 15) is 14.7 Å². The predicted molar refractivity (Wildman–Crippen MR) is 110 cm³/mol. The maximum Gasteiger partial charge on any atom is 0.246 e. The summed E-state index contributed by atoms with van der Waals surface area (Å²) in [6.07, 6.45) is 6.59. The van der Waals surface area contributed by atoms with Gasteiger partial charge in [0.05, 0.1) is 6.54 Å². The van der Waals surface area contributed by atoms with Crippen molar-refractivity contribution >= 4 is 17.6 Å². The lowest BCUT2D eigenvalue weighted by molar-refractivity contribution is -0.148. The second-order valence-electron chi connectivity index (χ2n) is 8.05. The van der Waals surface area contributed by atoms with Gasteiger partial charge < -0.3 is 26.8 Å². The Morgan fingerprint density at radius 2 is 1.97 bits per heavy atom. The van der Waals surface area contributed by atoms with E-state index >= 15 is 0 Å². The zero-order valence-electron chi connectivity index (χ0n) is 16.7. The van der Waals surface area contributed by atoms with Crippen molar-refractivity contribution in [3.05, 3.63) is 29.3 Å². The van der Waals surface area contributed by atoms with Crippen LogP contribution >= 0.6 is 0 Å². The number of hydrogen-bond donors (Lipinski definition) is 5. The molecular weight excluding hydrogens is 370 g/mol. The molecule has 1 aliphatic heterocycles. The van der Waals surface area contributed by atoms with Gasteiger partial charge in [-0.15, -0.1) is 0 Å². The predicted octanol–water partition coefficient (Wildman–Crippen LogP) is 1.19. The summed E-state index contributed by atoms with van der Waals surface area (Å²) >= 11 is 0. The Morgan fingerprint density at radius 1 is 1.24 bits per heavy atom. The van der Waals surface area contributed by atoms with E-state index in [1.807, 2.05) is 0 Å². The Hall–Kier alpha value is -2.61. The van der Waals surface area contributed by atoms with Crippen LogP contribution in [0.15, 0.2) is 18.2 Å². The van der Waals surface area contributed by atoms with Crippen LogP contribution in [-0.4, -0.2) is 46.3 Å². The molecule has 8 nitrogen and oxygen atoms in total. The number of carbonyl (C=O) groups excluding carboxylic acids is 2. The summed E-state index contributed by atoms with van der Waals surface area (Å²) < 4.78 is 0. The van der Waals surface area contributed by atoms with Crippen LogP contribution in [0.4, 0.5) is 0 Å². The largest absolute Gasteiger partial charge is 0.508 e. The molecule has 2 fully saturated rings. The molecule has 1 aliphatic carbocycles. The van der Waals surface area contributed by atoms with Crippen molar-refractivity contribution in [1.82, 2.24) is 10.2 Å².